The molecule has 5 nitrogen and oxygen atoms in total. The second-order valence-electron chi connectivity index (χ2n) is 4.58. The summed E-state index contributed by atoms with van der Waals surface area (Å²) in [5.74, 6) is -2.95. The summed E-state index contributed by atoms with van der Waals surface area (Å²) in [4.78, 5) is 23.9. The monoisotopic (exact) mass is 315 g/mol. The number of hydrogen-bond acceptors (Lipinski definition) is 5. The van der Waals surface area contributed by atoms with Crippen LogP contribution in [0.4, 0.5) is 8.78 Å². The second-order valence-corrected chi connectivity index (χ2v) is 4.58. The highest BCUT2D eigenvalue weighted by Gasteiger charge is 2.25. The first kappa shape index (κ1) is 18.2. The van der Waals surface area contributed by atoms with Crippen molar-refractivity contribution >= 4 is 11.8 Å². The van der Waals surface area contributed by atoms with Crippen LogP contribution in [0.5, 0.6) is 0 Å². The molecule has 1 aromatic carbocycles. The molecule has 0 aliphatic heterocycles. The van der Waals surface area contributed by atoms with Crippen molar-refractivity contribution in [3.05, 3.63) is 35.4 Å². The molecule has 7 heteroatoms. The lowest BCUT2D eigenvalue weighted by atomic mass is 10.0. The molecular formula is C15H19F2NO4. The zero-order valence-electron chi connectivity index (χ0n) is 12.3. The summed E-state index contributed by atoms with van der Waals surface area (Å²) < 4.78 is 31.6. The quantitative estimate of drug-likeness (QED) is 0.410. The normalized spacial score (nSPS) is 12.0. The maximum atomic E-state index is 13.7. The minimum absolute atomic E-state index is 0.0956. The molecule has 0 amide bonds. The van der Waals surface area contributed by atoms with Gasteiger partial charge in [-0.15, -0.1) is 0 Å². The van der Waals surface area contributed by atoms with Gasteiger partial charge < -0.3 is 15.2 Å². The Morgan fingerprint density at radius 3 is 2.73 bits per heavy atom. The summed E-state index contributed by atoms with van der Waals surface area (Å²) in [5, 5.41) is 11.5. The van der Waals surface area contributed by atoms with Gasteiger partial charge in [-0.25, -0.2) is 8.78 Å². The van der Waals surface area contributed by atoms with Crippen LogP contribution in [0.2, 0.25) is 0 Å². The Kier molecular flexibility index (Phi) is 7.62. The van der Waals surface area contributed by atoms with Gasteiger partial charge in [0.2, 0.25) is 0 Å². The van der Waals surface area contributed by atoms with Crippen LogP contribution in [-0.2, 0) is 9.53 Å². The largest absolute Gasteiger partial charge is 0.466 e. The Labute approximate surface area is 127 Å². The third kappa shape index (κ3) is 5.50. The third-order valence-corrected chi connectivity index (χ3v) is 2.91. The van der Waals surface area contributed by atoms with Gasteiger partial charge in [-0.2, -0.15) is 0 Å². The molecule has 1 atom stereocenters. The van der Waals surface area contributed by atoms with Crippen LogP contribution in [0.25, 0.3) is 0 Å². The summed E-state index contributed by atoms with van der Waals surface area (Å²) in [6.07, 6.45) is 0.0618. The first-order chi connectivity index (χ1) is 10.5. The highest BCUT2D eigenvalue weighted by molar-refractivity contribution is 6.02. The zero-order valence-corrected chi connectivity index (χ0v) is 12.3. The molecule has 0 bridgehead atoms. The molecule has 22 heavy (non-hydrogen) atoms. The van der Waals surface area contributed by atoms with E-state index in [9.17, 15) is 18.4 Å². The summed E-state index contributed by atoms with van der Waals surface area (Å²) >= 11 is 0. The highest BCUT2D eigenvalue weighted by Crippen LogP contribution is 2.14. The van der Waals surface area contributed by atoms with Gasteiger partial charge in [0.05, 0.1) is 24.6 Å². The molecule has 0 aliphatic rings. The number of carbonyl (C=O) groups excluding carboxylic acids is 2. The van der Waals surface area contributed by atoms with Gasteiger partial charge in [0, 0.05) is 6.61 Å². The SMILES string of the molecule is CCOC(=O)CC(NCCCO)C(=O)c1cc(F)ccc1F. The molecule has 0 radical (unpaired) electrons. The van der Waals surface area contributed by atoms with E-state index in [0.717, 1.165) is 18.2 Å². The van der Waals surface area contributed by atoms with Crippen LogP contribution < -0.4 is 5.32 Å². The van der Waals surface area contributed by atoms with Crippen LogP contribution in [0.15, 0.2) is 18.2 Å². The molecule has 0 aliphatic carbocycles. The van der Waals surface area contributed by atoms with Crippen molar-refractivity contribution < 1.29 is 28.2 Å². The number of aliphatic hydroxyl groups is 1. The fourth-order valence-electron chi connectivity index (χ4n) is 1.87. The van der Waals surface area contributed by atoms with E-state index in [1.54, 1.807) is 6.92 Å². The lowest BCUT2D eigenvalue weighted by Crippen LogP contribution is -2.40. The van der Waals surface area contributed by atoms with E-state index in [2.05, 4.69) is 5.32 Å². The number of benzene rings is 1. The number of ether oxygens (including phenoxy) is 1. The number of carbonyl (C=O) groups is 2. The molecule has 122 valence electrons. The van der Waals surface area contributed by atoms with E-state index >= 15 is 0 Å². The molecule has 1 unspecified atom stereocenters. The highest BCUT2D eigenvalue weighted by atomic mass is 19.1. The van der Waals surface area contributed by atoms with Crippen molar-refractivity contribution in [1.82, 2.24) is 5.32 Å². The molecule has 0 spiro atoms. The van der Waals surface area contributed by atoms with Crippen LogP contribution in [0.3, 0.4) is 0 Å². The molecule has 0 saturated carbocycles. The maximum Gasteiger partial charge on any atom is 0.307 e. The van der Waals surface area contributed by atoms with Crippen molar-refractivity contribution in [2.75, 3.05) is 19.8 Å². The summed E-state index contributed by atoms with van der Waals surface area (Å²) in [5.41, 5.74) is -0.425. The number of nitrogens with one attached hydrogen (secondary N) is 1. The topological polar surface area (TPSA) is 75.6 Å². The number of rotatable bonds is 9. The van der Waals surface area contributed by atoms with Gasteiger partial charge in [-0.3, -0.25) is 9.59 Å². The van der Waals surface area contributed by atoms with E-state index in [0.29, 0.717) is 6.42 Å². The number of halogens is 2. The fourth-order valence-corrected chi connectivity index (χ4v) is 1.87. The predicted molar refractivity (Wildman–Crippen MR) is 75.4 cm³/mol. The Bertz CT molecular complexity index is 522. The molecule has 0 saturated heterocycles. The van der Waals surface area contributed by atoms with Gasteiger partial charge in [-0.1, -0.05) is 0 Å². The van der Waals surface area contributed by atoms with Crippen LogP contribution >= 0.6 is 0 Å². The van der Waals surface area contributed by atoms with Crippen LogP contribution in [0, 0.1) is 11.6 Å². The average Bonchev–Trinajstić information content (AvgIpc) is 2.48. The molecule has 1 aromatic rings. The smallest absolute Gasteiger partial charge is 0.307 e. The molecule has 0 heterocycles. The van der Waals surface area contributed by atoms with Gasteiger partial charge in [0.1, 0.15) is 11.6 Å². The van der Waals surface area contributed by atoms with Crippen molar-refractivity contribution in [1.29, 1.82) is 0 Å². The maximum absolute atomic E-state index is 13.7. The van der Waals surface area contributed by atoms with Gasteiger partial charge in [0.15, 0.2) is 5.78 Å². The number of Topliss-reactive ketones (excluding diaryl/α,β-unsaturated/α-hetero) is 1. The average molecular weight is 315 g/mol. The van der Waals surface area contributed by atoms with E-state index in [1.165, 1.54) is 0 Å². The summed E-state index contributed by atoms with van der Waals surface area (Å²) in [6, 6.07) is 1.52. The van der Waals surface area contributed by atoms with Gasteiger partial charge in [0.25, 0.3) is 0 Å². The number of aliphatic hydroxyl groups excluding tert-OH is 1. The number of esters is 1. The molecule has 1 rings (SSSR count). The van der Waals surface area contributed by atoms with Crippen LogP contribution in [-0.4, -0.2) is 42.7 Å². The third-order valence-electron chi connectivity index (χ3n) is 2.91. The van der Waals surface area contributed by atoms with Crippen LogP contribution in [0.1, 0.15) is 30.1 Å². The molecule has 2 N–H and O–H groups in total. The first-order valence-corrected chi connectivity index (χ1v) is 6.98. The van der Waals surface area contributed by atoms with E-state index < -0.39 is 35.0 Å². The predicted octanol–water partition coefficient (Wildman–Crippen LogP) is 1.44. The van der Waals surface area contributed by atoms with Gasteiger partial charge >= 0.3 is 5.97 Å². The Hall–Kier alpha value is -1.86. The van der Waals surface area contributed by atoms with E-state index in [1.807, 2.05) is 0 Å². The summed E-state index contributed by atoms with van der Waals surface area (Å²) in [7, 11) is 0. The number of ketones is 1. The standard InChI is InChI=1S/C15H19F2NO4/c1-2-22-14(20)9-13(18-6-3-7-19)15(21)11-8-10(16)4-5-12(11)17/h4-5,8,13,18-19H,2-3,6-7,9H2,1H3. The first-order valence-electron chi connectivity index (χ1n) is 6.98. The minimum atomic E-state index is -1.04. The Morgan fingerprint density at radius 2 is 2.09 bits per heavy atom. The molecule has 0 aromatic heterocycles. The van der Waals surface area contributed by atoms with Crippen molar-refractivity contribution in [2.45, 2.75) is 25.8 Å². The molecule has 0 fully saturated rings. The zero-order chi connectivity index (χ0) is 16.5. The fraction of sp³-hybridized carbons (Fsp3) is 0.467. The summed E-state index contributed by atoms with van der Waals surface area (Å²) in [6.45, 7) is 1.94. The van der Waals surface area contributed by atoms with Crippen molar-refractivity contribution in [3.8, 4) is 0 Å². The Morgan fingerprint density at radius 1 is 1.36 bits per heavy atom. The number of hydrogen-bond donors (Lipinski definition) is 2. The van der Waals surface area contributed by atoms with Crippen molar-refractivity contribution in [2.24, 2.45) is 0 Å². The van der Waals surface area contributed by atoms with Gasteiger partial charge in [-0.05, 0) is 38.1 Å². The Balaban J connectivity index is 2.90. The van der Waals surface area contributed by atoms with E-state index in [-0.39, 0.29) is 26.2 Å². The van der Waals surface area contributed by atoms with Crippen molar-refractivity contribution in [3.63, 3.8) is 0 Å². The second kappa shape index (κ2) is 9.22. The lowest BCUT2D eigenvalue weighted by Gasteiger charge is -2.17. The van der Waals surface area contributed by atoms with E-state index in [4.69, 9.17) is 9.84 Å². The molecular weight excluding hydrogens is 296 g/mol. The minimum Gasteiger partial charge on any atom is -0.466 e. The lowest BCUT2D eigenvalue weighted by molar-refractivity contribution is -0.143.